The first kappa shape index (κ1) is 11.7. The second-order valence-electron chi connectivity index (χ2n) is 1.22. The molecule has 60 valence electrons. The van der Waals surface area contributed by atoms with E-state index in [1.807, 2.05) is 0 Å². The summed E-state index contributed by atoms with van der Waals surface area (Å²) in [5, 5.41) is 7.76. The van der Waals surface area contributed by atoms with Gasteiger partial charge in [-0.2, -0.15) is 0 Å². The van der Waals surface area contributed by atoms with Crippen LogP contribution in [0, 0.1) is 0 Å². The Morgan fingerprint density at radius 1 is 1.90 bits per heavy atom. The van der Waals surface area contributed by atoms with Crippen molar-refractivity contribution in [2.45, 2.75) is 6.92 Å². The summed E-state index contributed by atoms with van der Waals surface area (Å²) in [5.41, 5.74) is 4.54. The molecule has 0 unspecified atom stereocenters. The molecule has 0 fully saturated rings. The number of hydrogen-bond donors (Lipinski definition) is 2. The lowest BCUT2D eigenvalue weighted by molar-refractivity contribution is 0.163. The van der Waals surface area contributed by atoms with Crippen LogP contribution in [0.15, 0.2) is 12.7 Å². The number of aliphatic hydroxyl groups excluding tert-OH is 1. The van der Waals surface area contributed by atoms with Crippen LogP contribution in [-0.2, 0) is 4.74 Å². The molecule has 0 saturated heterocycles. The van der Waals surface area contributed by atoms with Gasteiger partial charge >= 0.3 is 6.09 Å². The molecule has 0 saturated carbocycles. The number of ether oxygens (including phenoxy) is 1. The summed E-state index contributed by atoms with van der Waals surface area (Å²) in [7, 11) is 0. The van der Waals surface area contributed by atoms with Gasteiger partial charge in [-0.15, -0.1) is 6.58 Å². The molecule has 0 rings (SSSR count). The predicted molar refractivity (Wildman–Crippen MR) is 38.5 cm³/mol. The summed E-state index contributed by atoms with van der Waals surface area (Å²) in [5.74, 6) is 0. The highest BCUT2D eigenvalue weighted by atomic mass is 16.5. The maximum atomic E-state index is 9.60. The Morgan fingerprint density at radius 2 is 2.30 bits per heavy atom. The van der Waals surface area contributed by atoms with E-state index >= 15 is 0 Å². The number of aliphatic hydroxyl groups is 1. The van der Waals surface area contributed by atoms with E-state index < -0.39 is 6.09 Å². The van der Waals surface area contributed by atoms with Crippen LogP contribution in [-0.4, -0.2) is 24.4 Å². The minimum absolute atomic E-state index is 0.0833. The fourth-order valence-electron chi connectivity index (χ4n) is 0.142. The van der Waals surface area contributed by atoms with Gasteiger partial charge in [0, 0.05) is 0 Å². The van der Waals surface area contributed by atoms with Crippen molar-refractivity contribution in [3.63, 3.8) is 0 Å². The number of carbonyl (C=O) groups excluding carboxylic acids is 1. The third-order valence-electron chi connectivity index (χ3n) is 0.416. The van der Waals surface area contributed by atoms with Crippen molar-refractivity contribution in [3.8, 4) is 0 Å². The summed E-state index contributed by atoms with van der Waals surface area (Å²) >= 11 is 0. The second kappa shape index (κ2) is 10.9. The van der Waals surface area contributed by atoms with E-state index in [1.54, 1.807) is 6.92 Å². The lowest BCUT2D eigenvalue weighted by Gasteiger charge is -1.89. The van der Waals surface area contributed by atoms with Gasteiger partial charge in [-0.25, -0.2) is 4.79 Å². The van der Waals surface area contributed by atoms with E-state index in [0.29, 0.717) is 6.61 Å². The van der Waals surface area contributed by atoms with Gasteiger partial charge in [0.25, 0.3) is 0 Å². The number of carbonyl (C=O) groups is 1. The molecule has 0 spiro atoms. The molecular weight excluding hydrogens is 134 g/mol. The first-order valence-corrected chi connectivity index (χ1v) is 2.83. The average Bonchev–Trinajstić information content (AvgIpc) is 1.89. The molecule has 4 nitrogen and oxygen atoms in total. The topological polar surface area (TPSA) is 72.6 Å². The highest BCUT2D eigenvalue weighted by Gasteiger charge is 1.82. The monoisotopic (exact) mass is 147 g/mol. The fourth-order valence-corrected chi connectivity index (χ4v) is 0.142. The van der Waals surface area contributed by atoms with Crippen molar-refractivity contribution in [1.82, 2.24) is 0 Å². The summed E-state index contributed by atoms with van der Waals surface area (Å²) < 4.78 is 4.18. The first-order valence-electron chi connectivity index (χ1n) is 2.83. The Kier molecular flexibility index (Phi) is 12.7. The lowest BCUT2D eigenvalue weighted by Crippen LogP contribution is -2.11. The zero-order valence-electron chi connectivity index (χ0n) is 6.04. The average molecular weight is 147 g/mol. The molecule has 4 heteroatoms. The summed E-state index contributed by atoms with van der Waals surface area (Å²) in [6.45, 7) is 5.37. The third kappa shape index (κ3) is 28.2. The Labute approximate surface area is 60.3 Å². The number of amides is 1. The van der Waals surface area contributed by atoms with Crippen LogP contribution in [0.2, 0.25) is 0 Å². The van der Waals surface area contributed by atoms with Gasteiger partial charge in [-0.3, -0.25) is 0 Å². The Bertz CT molecular complexity index is 93.0. The van der Waals surface area contributed by atoms with Crippen molar-refractivity contribution in [3.05, 3.63) is 12.7 Å². The molecule has 0 bridgehead atoms. The summed E-state index contributed by atoms with van der Waals surface area (Å²) in [6.07, 6.45) is 0.720. The van der Waals surface area contributed by atoms with Gasteiger partial charge in [-0.1, -0.05) is 6.08 Å². The highest BCUT2D eigenvalue weighted by Crippen LogP contribution is 1.66. The number of primary amides is 1. The molecule has 0 radical (unpaired) electrons. The van der Waals surface area contributed by atoms with Crippen molar-refractivity contribution in [2.24, 2.45) is 5.73 Å². The van der Waals surface area contributed by atoms with Crippen LogP contribution in [0.5, 0.6) is 0 Å². The third-order valence-corrected chi connectivity index (χ3v) is 0.416. The normalized spacial score (nSPS) is 7.00. The molecule has 0 aromatic carbocycles. The van der Waals surface area contributed by atoms with Gasteiger partial charge < -0.3 is 15.6 Å². The van der Waals surface area contributed by atoms with E-state index in [0.717, 1.165) is 0 Å². The standard InChI is InChI=1S/C3H7NO2.C3H6O/c1-2-6-3(4)5;1-2-3-4/h2H2,1H3,(H2,4,5);2,4H,1,3H2. The van der Waals surface area contributed by atoms with E-state index in [1.165, 1.54) is 6.08 Å². The minimum Gasteiger partial charge on any atom is -0.450 e. The predicted octanol–water partition coefficient (Wildman–Crippen LogP) is 0.266. The molecule has 0 heterocycles. The van der Waals surface area contributed by atoms with Crippen molar-refractivity contribution in [2.75, 3.05) is 13.2 Å². The van der Waals surface area contributed by atoms with Crippen LogP contribution in [0.3, 0.4) is 0 Å². The zero-order valence-corrected chi connectivity index (χ0v) is 6.04. The van der Waals surface area contributed by atoms with Crippen LogP contribution < -0.4 is 5.73 Å². The minimum atomic E-state index is -0.711. The Balaban J connectivity index is 0. The smallest absolute Gasteiger partial charge is 0.404 e. The van der Waals surface area contributed by atoms with Gasteiger partial charge in [0.15, 0.2) is 0 Å². The zero-order chi connectivity index (χ0) is 8.41. The Morgan fingerprint density at radius 3 is 2.30 bits per heavy atom. The largest absolute Gasteiger partial charge is 0.450 e. The van der Waals surface area contributed by atoms with Gasteiger partial charge in [0.2, 0.25) is 0 Å². The van der Waals surface area contributed by atoms with Gasteiger partial charge in [-0.05, 0) is 6.92 Å². The van der Waals surface area contributed by atoms with Gasteiger partial charge in [0.05, 0.1) is 13.2 Å². The maximum absolute atomic E-state index is 9.60. The molecule has 0 aliphatic carbocycles. The molecule has 0 aliphatic rings. The lowest BCUT2D eigenvalue weighted by atomic mass is 10.7. The van der Waals surface area contributed by atoms with Crippen LogP contribution >= 0.6 is 0 Å². The van der Waals surface area contributed by atoms with E-state index in [2.05, 4.69) is 17.0 Å². The molecule has 10 heavy (non-hydrogen) atoms. The van der Waals surface area contributed by atoms with E-state index in [-0.39, 0.29) is 6.61 Å². The van der Waals surface area contributed by atoms with Gasteiger partial charge in [0.1, 0.15) is 0 Å². The van der Waals surface area contributed by atoms with Crippen LogP contribution in [0.4, 0.5) is 4.79 Å². The number of nitrogens with two attached hydrogens (primary N) is 1. The van der Waals surface area contributed by atoms with Crippen LogP contribution in [0.25, 0.3) is 0 Å². The molecule has 0 aromatic heterocycles. The SMILES string of the molecule is C=CCO.CCOC(N)=O. The van der Waals surface area contributed by atoms with Crippen molar-refractivity contribution < 1.29 is 14.6 Å². The quantitative estimate of drug-likeness (QED) is 0.550. The molecule has 0 aromatic rings. The molecule has 3 N–H and O–H groups in total. The van der Waals surface area contributed by atoms with Crippen molar-refractivity contribution >= 4 is 6.09 Å². The second-order valence-corrected chi connectivity index (χ2v) is 1.22. The maximum Gasteiger partial charge on any atom is 0.404 e. The van der Waals surface area contributed by atoms with E-state index in [9.17, 15) is 4.79 Å². The number of hydrogen-bond acceptors (Lipinski definition) is 3. The van der Waals surface area contributed by atoms with Crippen molar-refractivity contribution in [1.29, 1.82) is 0 Å². The summed E-state index contributed by atoms with van der Waals surface area (Å²) in [4.78, 5) is 9.60. The molecule has 0 aliphatic heterocycles. The molecular formula is C6H13NO3. The fraction of sp³-hybridized carbons (Fsp3) is 0.500. The number of rotatable bonds is 2. The van der Waals surface area contributed by atoms with Crippen LogP contribution in [0.1, 0.15) is 6.92 Å². The summed E-state index contributed by atoms with van der Waals surface area (Å²) in [6, 6.07) is 0. The molecule has 1 amide bonds. The Hall–Kier alpha value is -1.03. The first-order chi connectivity index (χ1) is 4.68. The highest BCUT2D eigenvalue weighted by molar-refractivity contribution is 5.64. The molecule has 0 atom stereocenters. The van der Waals surface area contributed by atoms with E-state index in [4.69, 9.17) is 5.11 Å².